The summed E-state index contributed by atoms with van der Waals surface area (Å²) in [7, 11) is 9.54. The van der Waals surface area contributed by atoms with Crippen molar-refractivity contribution in [1.29, 1.82) is 0 Å². The van der Waals surface area contributed by atoms with Crippen LogP contribution in [0.1, 0.15) is 170 Å². The Hall–Kier alpha value is -6.97. The molecule has 0 bridgehead atoms. The van der Waals surface area contributed by atoms with E-state index in [0.717, 1.165) is 19.6 Å². The maximum absolute atomic E-state index is 15.4. The molecule has 0 aromatic carbocycles. The summed E-state index contributed by atoms with van der Waals surface area (Å²) >= 11 is 0. The lowest BCUT2D eigenvalue weighted by atomic mass is 9.88. The van der Waals surface area contributed by atoms with Crippen LogP contribution >= 0.6 is 0 Å². The molecule has 1 aliphatic rings. The normalized spacial score (nSPS) is 26.1. The van der Waals surface area contributed by atoms with Gasteiger partial charge in [0.25, 0.3) is 6.47 Å². The van der Waals surface area contributed by atoms with Crippen LogP contribution in [-0.2, 0) is 67.1 Å². The first kappa shape index (κ1) is 86.0. The van der Waals surface area contributed by atoms with Gasteiger partial charge in [-0.3, -0.25) is 62.3 Å². The second-order valence-corrected chi connectivity index (χ2v) is 28.6. The van der Waals surface area contributed by atoms with E-state index in [-0.39, 0.29) is 68.7 Å². The van der Waals surface area contributed by atoms with Crippen molar-refractivity contribution in [2.24, 2.45) is 41.4 Å². The van der Waals surface area contributed by atoms with Gasteiger partial charge in [0.1, 0.15) is 60.4 Å². The molecule has 1 fully saturated rings. The molecule has 12 amide bonds. The van der Waals surface area contributed by atoms with E-state index in [2.05, 4.69) is 21.3 Å². The number of hydrogen-bond donors (Lipinski definition) is 6. The maximum atomic E-state index is 15.4. The van der Waals surface area contributed by atoms with Gasteiger partial charge < -0.3 is 75.4 Å². The van der Waals surface area contributed by atoms with E-state index in [0.29, 0.717) is 0 Å². The predicted octanol–water partition coefficient (Wildman–Crippen LogP) is 1.81. The van der Waals surface area contributed by atoms with Crippen LogP contribution in [0.25, 0.3) is 0 Å². The van der Waals surface area contributed by atoms with E-state index < -0.39 is 180 Å². The van der Waals surface area contributed by atoms with Crippen LogP contribution in [-0.4, -0.2) is 268 Å². The Kier molecular flexibility index (Phi) is 35.0. The molecular formula is C67H120N12O16. The predicted molar refractivity (Wildman–Crippen MR) is 358 cm³/mol. The van der Waals surface area contributed by atoms with E-state index in [4.69, 9.17) is 4.74 Å². The zero-order valence-corrected chi connectivity index (χ0v) is 61.8. The number of nitrogens with zero attached hydrogens (tertiary/aromatic N) is 8. The molecule has 0 aromatic heterocycles. The van der Waals surface area contributed by atoms with Crippen LogP contribution in [0, 0.1) is 41.4 Å². The molecular weight excluding hydrogens is 1230 g/mol. The Morgan fingerprint density at radius 2 is 0.937 bits per heavy atom. The number of aliphatic hydroxyl groups is 2. The van der Waals surface area contributed by atoms with Gasteiger partial charge in [0.15, 0.2) is 6.23 Å². The first-order chi connectivity index (χ1) is 43.7. The number of carbonyl (C=O) groups is 13. The third-order valence-corrected chi connectivity index (χ3v) is 17.9. The minimum Gasteiger partial charge on any atom is -0.444 e. The number of carbonyl (C=O) groups excluding carboxylic acids is 13. The molecule has 28 heteroatoms. The van der Waals surface area contributed by atoms with Gasteiger partial charge in [-0.2, -0.15) is 0 Å². The Balaban J connectivity index is 4.45. The van der Waals surface area contributed by atoms with E-state index in [1.165, 1.54) is 110 Å². The zero-order chi connectivity index (χ0) is 73.9. The van der Waals surface area contributed by atoms with Crippen LogP contribution in [0.4, 0.5) is 0 Å². The summed E-state index contributed by atoms with van der Waals surface area (Å²) in [6.07, 6.45) is -4.38. The number of amides is 12. The van der Waals surface area contributed by atoms with Crippen molar-refractivity contribution < 1.29 is 77.3 Å². The fourth-order valence-electron chi connectivity index (χ4n) is 12.1. The van der Waals surface area contributed by atoms with E-state index in [9.17, 15) is 53.4 Å². The van der Waals surface area contributed by atoms with Crippen molar-refractivity contribution in [3.05, 3.63) is 0 Å². The van der Waals surface area contributed by atoms with Gasteiger partial charge in [0.2, 0.25) is 70.9 Å². The van der Waals surface area contributed by atoms with Crippen LogP contribution in [0.5, 0.6) is 0 Å². The molecule has 0 aromatic rings. The molecule has 0 spiro atoms. The molecule has 0 saturated carbocycles. The number of likely N-dealkylation sites (N-methyl/N-ethyl adjacent to an activating group) is 7. The number of hydrogen-bond acceptors (Lipinski definition) is 16. The van der Waals surface area contributed by atoms with Gasteiger partial charge in [-0.05, 0) is 108 Å². The van der Waals surface area contributed by atoms with Crippen molar-refractivity contribution in [2.45, 2.75) is 255 Å². The number of nitrogens with one attached hydrogen (secondary N) is 4. The number of ether oxygens (including phenoxy) is 1. The van der Waals surface area contributed by atoms with E-state index in [1.54, 1.807) is 34.6 Å². The lowest BCUT2D eigenvalue weighted by Gasteiger charge is -2.42. The lowest BCUT2D eigenvalue weighted by Crippen LogP contribution is -2.63. The Labute approximate surface area is 565 Å². The van der Waals surface area contributed by atoms with E-state index in [1.807, 2.05) is 55.4 Å². The van der Waals surface area contributed by atoms with Crippen molar-refractivity contribution in [3.63, 3.8) is 0 Å². The van der Waals surface area contributed by atoms with Crippen LogP contribution in [0.2, 0.25) is 0 Å². The van der Waals surface area contributed by atoms with Gasteiger partial charge in [-0.15, -0.1) is 0 Å². The molecule has 1 rings (SSSR count). The first-order valence-electron chi connectivity index (χ1n) is 33.5. The molecule has 95 heavy (non-hydrogen) atoms. The molecule has 1 saturated heterocycles. The second kappa shape index (κ2) is 38.7. The fraction of sp³-hybridized carbons (Fsp3) is 0.806. The second-order valence-electron chi connectivity index (χ2n) is 28.6. The standard InChI is InChI=1S/C67H120N12O16/c1-27-47-63(90)72(20)33-53(83)73(21)48(28-35(2)3)60(87)71-54(39(10)11)66(93)74(22)49(29-36(4)5)59(86)68-42(15)58(85)69-43(16)62(89)75(23)50(30-37(6)7)64(91)76(24)51(31-38(8)9)65(92)77(25)55(40(12)13)67(94)78(26)56(61(88)70-47)57(84)41(14)32-52(82)44(17)79(45(18)81)46(19)95-34-80/h34-44,46-52,54-57,82,84H,27-33H2,1-26H3,(H,68,86)(H,69,85)(H,70,88)(H,71,87)/t41-,42+,43+,44?,46?,47+,48+,49+,50+,51+,52?,54+,55?,56?,57-/m1/s1. The molecule has 0 aliphatic carbocycles. The lowest BCUT2D eigenvalue weighted by molar-refractivity contribution is -0.160. The molecule has 15 atom stereocenters. The zero-order valence-electron chi connectivity index (χ0n) is 61.8. The number of rotatable bonds is 20. The molecule has 1 heterocycles. The summed E-state index contributed by atoms with van der Waals surface area (Å²) in [5.74, 6) is -11.9. The molecule has 544 valence electrons. The highest BCUT2D eigenvalue weighted by molar-refractivity contribution is 5.99. The summed E-state index contributed by atoms with van der Waals surface area (Å²) in [5.41, 5.74) is 0. The highest BCUT2D eigenvalue weighted by Crippen LogP contribution is 2.27. The minimum atomic E-state index is -1.88. The van der Waals surface area contributed by atoms with Gasteiger partial charge in [0, 0.05) is 56.3 Å². The van der Waals surface area contributed by atoms with Gasteiger partial charge in [-0.1, -0.05) is 96.9 Å². The average molecular weight is 1350 g/mol. The third kappa shape index (κ3) is 24.0. The summed E-state index contributed by atoms with van der Waals surface area (Å²) < 4.78 is 5.02. The SMILES string of the molecule is CC[C@@H]1NC(=O)C([C@H](O)[C@H](C)CC(O)C(C)N(C(C)=O)C(C)OC=O)N(C)C(=O)C(C(C)C)N(C)C(=O)[C@H](CC(C)C)N(C)C(=O)[C@H](CC(C)C)N(C)C(=O)[C@H](C)NC(=O)[C@H](C)NC(=O)[C@H](CC(C)C)N(C)C(=O)[C@H](C(C)C)NC(=O)[C@H](CC(C)C)N(C)C(=O)CN(C)C1=O. The third-order valence-electron chi connectivity index (χ3n) is 17.9. The van der Waals surface area contributed by atoms with Gasteiger partial charge >= 0.3 is 0 Å². The Bertz CT molecular complexity index is 2640. The molecule has 1 aliphatic heterocycles. The Morgan fingerprint density at radius 1 is 0.516 bits per heavy atom. The molecule has 0 radical (unpaired) electrons. The van der Waals surface area contributed by atoms with E-state index >= 15 is 19.2 Å². The Morgan fingerprint density at radius 3 is 1.38 bits per heavy atom. The smallest absolute Gasteiger partial charge is 0.294 e. The highest BCUT2D eigenvalue weighted by atomic mass is 16.5. The van der Waals surface area contributed by atoms with Crippen molar-refractivity contribution in [3.8, 4) is 0 Å². The summed E-state index contributed by atoms with van der Waals surface area (Å²) in [6.45, 7) is 31.0. The monoisotopic (exact) mass is 1350 g/mol. The van der Waals surface area contributed by atoms with Crippen LogP contribution < -0.4 is 21.3 Å². The fourth-order valence-corrected chi connectivity index (χ4v) is 12.1. The van der Waals surface area contributed by atoms with Crippen molar-refractivity contribution in [1.82, 2.24) is 60.5 Å². The van der Waals surface area contributed by atoms with Crippen molar-refractivity contribution in [2.75, 3.05) is 55.9 Å². The molecule has 28 nitrogen and oxygen atoms in total. The topological polar surface area (TPSA) is 346 Å². The molecule has 6 N–H and O–H groups in total. The summed E-state index contributed by atoms with van der Waals surface area (Å²) in [6, 6.07) is -14.3. The van der Waals surface area contributed by atoms with Crippen LogP contribution in [0.15, 0.2) is 0 Å². The molecule has 5 unspecified atom stereocenters. The average Bonchev–Trinajstić information content (AvgIpc) is 0.807. The van der Waals surface area contributed by atoms with Crippen molar-refractivity contribution >= 4 is 77.4 Å². The van der Waals surface area contributed by atoms with Gasteiger partial charge in [-0.25, -0.2) is 0 Å². The maximum Gasteiger partial charge on any atom is 0.294 e. The summed E-state index contributed by atoms with van der Waals surface area (Å²) in [5, 5.41) is 35.0. The minimum absolute atomic E-state index is 0.0715. The highest BCUT2D eigenvalue weighted by Gasteiger charge is 2.46. The first-order valence-corrected chi connectivity index (χ1v) is 33.5. The summed E-state index contributed by atoms with van der Waals surface area (Å²) in [4.78, 5) is 195. The largest absolute Gasteiger partial charge is 0.444 e. The quantitative estimate of drug-likeness (QED) is 0.0748. The van der Waals surface area contributed by atoms with Crippen LogP contribution in [0.3, 0.4) is 0 Å². The number of aliphatic hydroxyl groups excluding tert-OH is 2. The van der Waals surface area contributed by atoms with Gasteiger partial charge in [0.05, 0.1) is 24.8 Å².